The Morgan fingerprint density at radius 2 is 1.73 bits per heavy atom. The van der Waals surface area contributed by atoms with Crippen molar-refractivity contribution in [2.75, 3.05) is 6.61 Å². The second-order valence-corrected chi connectivity index (χ2v) is 10.3. The topological polar surface area (TPSA) is 79.1 Å². The molecule has 0 saturated heterocycles. The summed E-state index contributed by atoms with van der Waals surface area (Å²) in [5.74, 6) is 0.877. The summed E-state index contributed by atoms with van der Waals surface area (Å²) in [6.45, 7) is 11.6. The summed E-state index contributed by atoms with van der Waals surface area (Å²) in [7, 11) is 0. The van der Waals surface area contributed by atoms with Crippen molar-refractivity contribution in [1.29, 1.82) is 0 Å². The molecule has 0 bridgehead atoms. The third-order valence-corrected chi connectivity index (χ3v) is 6.63. The summed E-state index contributed by atoms with van der Waals surface area (Å²) in [5, 5.41) is 0. The van der Waals surface area contributed by atoms with E-state index in [0.29, 0.717) is 31.9 Å². The number of rotatable bonds is 8. The molecule has 1 atom stereocenters. The number of benzene rings is 2. The van der Waals surface area contributed by atoms with Gasteiger partial charge < -0.3 is 14.2 Å². The lowest BCUT2D eigenvalue weighted by Crippen LogP contribution is -2.40. The van der Waals surface area contributed by atoms with Gasteiger partial charge in [-0.3, -0.25) is 9.36 Å². The van der Waals surface area contributed by atoms with Gasteiger partial charge in [0.05, 0.1) is 34.6 Å². The van der Waals surface area contributed by atoms with Crippen LogP contribution < -0.4 is 24.4 Å². The number of thiazole rings is 1. The maximum atomic E-state index is 13.8. The summed E-state index contributed by atoms with van der Waals surface area (Å²) >= 11 is 1.29. The standard InChI is InChI=1S/C29H32N2O5S/c1-7-34-28(33)25-19(6)30-29-31(26(25)22-10-8-9-11-23(22)36-18(4)5)27(32)24(37-29)16-20-12-14-21(15-13-20)35-17(2)3/h8-18,26H,7H2,1-6H3/b24-16+/t26-/m1/s1. The molecule has 4 rings (SSSR count). The molecule has 0 fully saturated rings. The van der Waals surface area contributed by atoms with Gasteiger partial charge in [-0.1, -0.05) is 41.7 Å². The van der Waals surface area contributed by atoms with Gasteiger partial charge in [-0.05, 0) is 71.4 Å². The zero-order valence-electron chi connectivity index (χ0n) is 22.0. The second-order valence-electron chi connectivity index (χ2n) is 9.24. The number of allylic oxidation sites excluding steroid dienone is 1. The molecule has 0 unspecified atom stereocenters. The van der Waals surface area contributed by atoms with Gasteiger partial charge in [0.15, 0.2) is 4.80 Å². The second kappa shape index (κ2) is 11.2. The monoisotopic (exact) mass is 520 g/mol. The number of nitrogens with zero attached hydrogens (tertiary/aromatic N) is 2. The van der Waals surface area contributed by atoms with Crippen molar-refractivity contribution in [2.45, 2.75) is 59.8 Å². The van der Waals surface area contributed by atoms with Gasteiger partial charge in [-0.2, -0.15) is 0 Å². The number of para-hydroxylation sites is 1. The maximum absolute atomic E-state index is 13.8. The lowest BCUT2D eigenvalue weighted by Gasteiger charge is -2.26. The Morgan fingerprint density at radius 1 is 1.05 bits per heavy atom. The summed E-state index contributed by atoms with van der Waals surface area (Å²) < 4.78 is 19.3. The summed E-state index contributed by atoms with van der Waals surface area (Å²) in [5.41, 5.74) is 2.19. The van der Waals surface area contributed by atoms with Gasteiger partial charge in [-0.25, -0.2) is 9.79 Å². The van der Waals surface area contributed by atoms with Gasteiger partial charge in [0.1, 0.15) is 17.5 Å². The third-order valence-electron chi connectivity index (χ3n) is 5.64. The first-order valence-electron chi connectivity index (χ1n) is 12.4. The Kier molecular flexibility index (Phi) is 7.97. The normalized spacial score (nSPS) is 15.6. The first-order valence-corrected chi connectivity index (χ1v) is 13.2. The Balaban J connectivity index is 1.89. The highest BCUT2D eigenvalue weighted by Crippen LogP contribution is 2.36. The molecule has 0 spiro atoms. The molecule has 7 nitrogen and oxygen atoms in total. The van der Waals surface area contributed by atoms with Crippen LogP contribution in [0.25, 0.3) is 6.08 Å². The largest absolute Gasteiger partial charge is 0.491 e. The first-order chi connectivity index (χ1) is 17.7. The molecular formula is C29H32N2O5S. The average Bonchev–Trinajstić information content (AvgIpc) is 3.13. The highest BCUT2D eigenvalue weighted by atomic mass is 32.1. The molecule has 8 heteroatoms. The van der Waals surface area contributed by atoms with Crippen LogP contribution >= 0.6 is 11.3 Å². The van der Waals surface area contributed by atoms with Crippen molar-refractivity contribution in [3.63, 3.8) is 0 Å². The Hall–Kier alpha value is -3.65. The minimum absolute atomic E-state index is 0.0777. The van der Waals surface area contributed by atoms with Crippen LogP contribution in [-0.2, 0) is 9.53 Å². The van der Waals surface area contributed by atoms with Crippen LogP contribution in [0.4, 0.5) is 0 Å². The molecule has 3 aromatic rings. The van der Waals surface area contributed by atoms with E-state index in [1.54, 1.807) is 18.4 Å². The lowest BCUT2D eigenvalue weighted by molar-refractivity contribution is -0.139. The molecular weight excluding hydrogens is 488 g/mol. The van der Waals surface area contributed by atoms with E-state index >= 15 is 0 Å². The quantitative estimate of drug-likeness (QED) is 0.412. The van der Waals surface area contributed by atoms with Crippen LogP contribution in [0.5, 0.6) is 11.5 Å². The van der Waals surface area contributed by atoms with Crippen LogP contribution in [0.15, 0.2) is 69.6 Å². The van der Waals surface area contributed by atoms with Crippen LogP contribution in [0.1, 0.15) is 58.7 Å². The van der Waals surface area contributed by atoms with Gasteiger partial charge in [-0.15, -0.1) is 0 Å². The number of carbonyl (C=O) groups is 1. The number of hydrogen-bond donors (Lipinski definition) is 0. The highest BCUT2D eigenvalue weighted by Gasteiger charge is 2.35. The van der Waals surface area contributed by atoms with Crippen molar-refractivity contribution in [3.05, 3.63) is 90.6 Å². The van der Waals surface area contributed by atoms with Gasteiger partial charge >= 0.3 is 5.97 Å². The molecule has 1 aromatic heterocycles. The molecule has 1 aliphatic rings. The van der Waals surface area contributed by atoms with E-state index in [1.165, 1.54) is 11.3 Å². The molecule has 2 heterocycles. The van der Waals surface area contributed by atoms with E-state index in [0.717, 1.165) is 11.3 Å². The van der Waals surface area contributed by atoms with Crippen molar-refractivity contribution in [3.8, 4) is 11.5 Å². The minimum atomic E-state index is -0.728. The Labute approximate surface area is 220 Å². The van der Waals surface area contributed by atoms with Crippen LogP contribution in [0, 0.1) is 0 Å². The van der Waals surface area contributed by atoms with Gasteiger partial charge in [0.2, 0.25) is 0 Å². The van der Waals surface area contributed by atoms with Crippen molar-refractivity contribution in [2.24, 2.45) is 4.99 Å². The minimum Gasteiger partial charge on any atom is -0.491 e. The number of carbonyl (C=O) groups excluding carboxylic acids is 1. The molecule has 0 amide bonds. The SMILES string of the molecule is CCOC(=O)C1=C(C)N=c2s/c(=C/c3ccc(OC(C)C)cc3)c(=O)n2[C@@H]1c1ccccc1OC(C)C. The fourth-order valence-corrected chi connectivity index (χ4v) is 5.27. The number of hydrogen-bond acceptors (Lipinski definition) is 7. The molecule has 0 aliphatic carbocycles. The average molecular weight is 521 g/mol. The van der Waals surface area contributed by atoms with E-state index in [9.17, 15) is 9.59 Å². The molecule has 2 aromatic carbocycles. The van der Waals surface area contributed by atoms with Crippen LogP contribution in [0.3, 0.4) is 0 Å². The zero-order valence-corrected chi connectivity index (χ0v) is 22.8. The van der Waals surface area contributed by atoms with E-state index in [-0.39, 0.29) is 24.4 Å². The first kappa shape index (κ1) is 26.4. The number of ether oxygens (including phenoxy) is 3. The molecule has 1 aliphatic heterocycles. The van der Waals surface area contributed by atoms with Crippen LogP contribution in [-0.4, -0.2) is 29.4 Å². The number of fused-ring (bicyclic) bond motifs is 1. The summed E-state index contributed by atoms with van der Waals surface area (Å²) in [6.07, 6.45) is 1.82. The highest BCUT2D eigenvalue weighted by molar-refractivity contribution is 7.07. The summed E-state index contributed by atoms with van der Waals surface area (Å²) in [4.78, 5) is 32.1. The van der Waals surface area contributed by atoms with E-state index in [2.05, 4.69) is 4.99 Å². The Morgan fingerprint density at radius 3 is 2.38 bits per heavy atom. The molecule has 0 N–H and O–H groups in total. The van der Waals surface area contributed by atoms with Gasteiger partial charge in [0, 0.05) is 5.56 Å². The molecule has 37 heavy (non-hydrogen) atoms. The number of esters is 1. The van der Waals surface area contributed by atoms with Crippen molar-refractivity contribution < 1.29 is 19.0 Å². The third kappa shape index (κ3) is 5.69. The zero-order chi connectivity index (χ0) is 26.7. The Bertz CT molecular complexity index is 1500. The predicted octanol–water partition coefficient (Wildman–Crippen LogP) is 4.37. The molecule has 0 radical (unpaired) electrons. The van der Waals surface area contributed by atoms with Gasteiger partial charge in [0.25, 0.3) is 5.56 Å². The van der Waals surface area contributed by atoms with Crippen molar-refractivity contribution in [1.82, 2.24) is 4.57 Å². The predicted molar refractivity (Wildman–Crippen MR) is 145 cm³/mol. The summed E-state index contributed by atoms with van der Waals surface area (Å²) in [6, 6.07) is 14.3. The molecule has 194 valence electrons. The van der Waals surface area contributed by atoms with Crippen molar-refractivity contribution >= 4 is 23.4 Å². The smallest absolute Gasteiger partial charge is 0.338 e. The molecule has 0 saturated carbocycles. The number of aromatic nitrogens is 1. The van der Waals surface area contributed by atoms with E-state index in [1.807, 2.05) is 82.3 Å². The van der Waals surface area contributed by atoms with E-state index in [4.69, 9.17) is 14.2 Å². The maximum Gasteiger partial charge on any atom is 0.338 e. The van der Waals surface area contributed by atoms with Crippen LogP contribution in [0.2, 0.25) is 0 Å². The fraction of sp³-hybridized carbons (Fsp3) is 0.345. The van der Waals surface area contributed by atoms with E-state index < -0.39 is 12.0 Å². The fourth-order valence-electron chi connectivity index (χ4n) is 4.22. The lowest BCUT2D eigenvalue weighted by atomic mass is 9.95.